The lowest BCUT2D eigenvalue weighted by atomic mass is 9.85. The Kier molecular flexibility index (Phi) is 0.945. The first-order valence-corrected chi connectivity index (χ1v) is 3.54. The minimum absolute atomic E-state index is 0.442. The lowest BCUT2D eigenvalue weighted by Gasteiger charge is -2.43. The Morgan fingerprint density at radius 1 is 1.67 bits per heavy atom. The highest BCUT2D eigenvalue weighted by Crippen LogP contribution is 2.44. The van der Waals surface area contributed by atoms with Crippen LogP contribution in [0.4, 0.5) is 0 Å². The fourth-order valence-corrected chi connectivity index (χ4v) is 1.85. The van der Waals surface area contributed by atoms with Gasteiger partial charge in [0.05, 0.1) is 6.61 Å². The third kappa shape index (κ3) is 0.578. The van der Waals surface area contributed by atoms with Gasteiger partial charge in [0, 0.05) is 12.0 Å². The van der Waals surface area contributed by atoms with Gasteiger partial charge >= 0.3 is 0 Å². The summed E-state index contributed by atoms with van der Waals surface area (Å²) in [6.07, 6.45) is 1.76. The zero-order valence-corrected chi connectivity index (χ0v) is 6.05. The van der Waals surface area contributed by atoms with Crippen LogP contribution in [0.2, 0.25) is 0 Å². The molecule has 2 nitrogen and oxygen atoms in total. The fraction of sp³-hybridized carbons (Fsp3) is 1.00. The van der Waals surface area contributed by atoms with Gasteiger partial charge in [-0.1, -0.05) is 6.92 Å². The molecule has 2 atom stereocenters. The summed E-state index contributed by atoms with van der Waals surface area (Å²) < 4.78 is 5.40. The van der Waals surface area contributed by atoms with E-state index < -0.39 is 0 Å². The Hall–Kier alpha value is -0.0800. The summed E-state index contributed by atoms with van der Waals surface area (Å²) in [5, 5.41) is 0. The van der Waals surface area contributed by atoms with Gasteiger partial charge in [-0.2, -0.15) is 0 Å². The van der Waals surface area contributed by atoms with E-state index in [9.17, 15) is 0 Å². The van der Waals surface area contributed by atoms with Gasteiger partial charge < -0.3 is 4.74 Å². The van der Waals surface area contributed by atoms with Crippen LogP contribution < -0.4 is 0 Å². The van der Waals surface area contributed by atoms with E-state index in [1.165, 1.54) is 13.0 Å². The van der Waals surface area contributed by atoms with Crippen LogP contribution in [0.1, 0.15) is 13.3 Å². The smallest absolute Gasteiger partial charge is 0.118 e. The Morgan fingerprint density at radius 2 is 2.44 bits per heavy atom. The fourth-order valence-electron chi connectivity index (χ4n) is 1.85. The van der Waals surface area contributed by atoms with Gasteiger partial charge in [-0.15, -0.1) is 0 Å². The van der Waals surface area contributed by atoms with Crippen molar-refractivity contribution < 1.29 is 4.74 Å². The summed E-state index contributed by atoms with van der Waals surface area (Å²) in [6, 6.07) is 0. The van der Waals surface area contributed by atoms with E-state index in [2.05, 4.69) is 18.9 Å². The minimum atomic E-state index is 0.442. The zero-order valence-electron chi connectivity index (χ0n) is 6.05. The number of hydrogen-bond acceptors (Lipinski definition) is 2. The molecule has 0 amide bonds. The van der Waals surface area contributed by atoms with Crippen LogP contribution in [0, 0.1) is 5.41 Å². The Balaban J connectivity index is 2.15. The summed E-state index contributed by atoms with van der Waals surface area (Å²) in [7, 11) is 2.13. The van der Waals surface area contributed by atoms with E-state index in [4.69, 9.17) is 4.74 Å². The summed E-state index contributed by atoms with van der Waals surface area (Å²) in [5.74, 6) is 0. The van der Waals surface area contributed by atoms with E-state index in [1.807, 2.05) is 0 Å². The maximum atomic E-state index is 5.40. The van der Waals surface area contributed by atoms with Gasteiger partial charge in [-0.05, 0) is 13.5 Å². The highest BCUT2D eigenvalue weighted by Gasteiger charge is 2.50. The molecule has 0 bridgehead atoms. The second-order valence-electron chi connectivity index (χ2n) is 3.55. The van der Waals surface area contributed by atoms with Crippen LogP contribution in [-0.4, -0.2) is 31.3 Å². The molecule has 0 aromatic heterocycles. The Labute approximate surface area is 55.8 Å². The summed E-state index contributed by atoms with van der Waals surface area (Å²) in [5.41, 5.74) is 0.509. The quantitative estimate of drug-likeness (QED) is 0.474. The second kappa shape index (κ2) is 1.50. The molecule has 0 radical (unpaired) electrons. The molecule has 2 fully saturated rings. The number of fused-ring (bicyclic) bond motifs is 1. The Bertz CT molecular complexity index is 137. The molecule has 0 aliphatic carbocycles. The lowest BCUT2D eigenvalue weighted by molar-refractivity contribution is -0.205. The minimum Gasteiger partial charge on any atom is -0.362 e. The standard InChI is InChI=1S/C7H13NO/c1-7-3-4-8(2)6(7)9-5-7/h6H,3-5H2,1-2H3. The van der Waals surface area contributed by atoms with E-state index in [0.29, 0.717) is 11.6 Å². The number of likely N-dealkylation sites (tertiary alicyclic amines) is 1. The molecule has 0 spiro atoms. The molecule has 0 saturated carbocycles. The topological polar surface area (TPSA) is 12.5 Å². The molecule has 0 N–H and O–H groups in total. The third-order valence-electron chi connectivity index (χ3n) is 2.60. The van der Waals surface area contributed by atoms with Crippen molar-refractivity contribution >= 4 is 0 Å². The summed E-state index contributed by atoms with van der Waals surface area (Å²) in [6.45, 7) is 4.49. The molecule has 2 heterocycles. The van der Waals surface area contributed by atoms with E-state index in [0.717, 1.165) is 6.61 Å². The summed E-state index contributed by atoms with van der Waals surface area (Å²) in [4.78, 5) is 2.30. The normalized spacial score (nSPS) is 50.7. The second-order valence-corrected chi connectivity index (χ2v) is 3.55. The molecular weight excluding hydrogens is 114 g/mol. The van der Waals surface area contributed by atoms with Crippen LogP contribution in [0.3, 0.4) is 0 Å². The Morgan fingerprint density at radius 3 is 2.67 bits per heavy atom. The largest absolute Gasteiger partial charge is 0.362 e. The van der Waals surface area contributed by atoms with E-state index in [-0.39, 0.29) is 0 Å². The maximum Gasteiger partial charge on any atom is 0.118 e. The molecule has 2 rings (SSSR count). The van der Waals surface area contributed by atoms with Crippen LogP contribution in [0.25, 0.3) is 0 Å². The lowest BCUT2D eigenvalue weighted by Crippen LogP contribution is -2.51. The molecule has 0 aromatic rings. The first-order valence-electron chi connectivity index (χ1n) is 3.54. The summed E-state index contributed by atoms with van der Waals surface area (Å²) >= 11 is 0. The van der Waals surface area contributed by atoms with Crippen LogP contribution >= 0.6 is 0 Å². The van der Waals surface area contributed by atoms with Crippen LogP contribution in [-0.2, 0) is 4.74 Å². The number of nitrogens with zero attached hydrogens (tertiary/aromatic N) is 1. The monoisotopic (exact) mass is 127 g/mol. The van der Waals surface area contributed by atoms with E-state index >= 15 is 0 Å². The molecule has 0 aromatic carbocycles. The highest BCUT2D eigenvalue weighted by atomic mass is 16.5. The predicted molar refractivity (Wildman–Crippen MR) is 35.1 cm³/mol. The van der Waals surface area contributed by atoms with Crippen molar-refractivity contribution in [3.8, 4) is 0 Å². The van der Waals surface area contributed by atoms with Gasteiger partial charge in [0.2, 0.25) is 0 Å². The van der Waals surface area contributed by atoms with Crippen molar-refractivity contribution in [3.63, 3.8) is 0 Å². The first-order chi connectivity index (χ1) is 4.22. The van der Waals surface area contributed by atoms with Crippen LogP contribution in [0.5, 0.6) is 0 Å². The molecule has 2 unspecified atom stereocenters. The molecule has 52 valence electrons. The van der Waals surface area contributed by atoms with Crippen molar-refractivity contribution in [2.45, 2.75) is 19.6 Å². The van der Waals surface area contributed by atoms with Crippen molar-refractivity contribution in [2.75, 3.05) is 20.2 Å². The van der Waals surface area contributed by atoms with Crippen LogP contribution in [0.15, 0.2) is 0 Å². The number of hydrogen-bond donors (Lipinski definition) is 0. The molecule has 2 saturated heterocycles. The number of ether oxygens (including phenoxy) is 1. The maximum absolute atomic E-state index is 5.40. The van der Waals surface area contributed by atoms with Crippen molar-refractivity contribution in [1.29, 1.82) is 0 Å². The van der Waals surface area contributed by atoms with Gasteiger partial charge in [0.1, 0.15) is 6.23 Å². The molecular formula is C7H13NO. The predicted octanol–water partition coefficient (Wildman–Crippen LogP) is 0.684. The van der Waals surface area contributed by atoms with Gasteiger partial charge in [-0.25, -0.2) is 0 Å². The molecule has 9 heavy (non-hydrogen) atoms. The SMILES string of the molecule is CN1CCC2(C)COC12. The van der Waals surface area contributed by atoms with E-state index in [1.54, 1.807) is 0 Å². The molecule has 2 heteroatoms. The van der Waals surface area contributed by atoms with Crippen molar-refractivity contribution in [3.05, 3.63) is 0 Å². The molecule has 2 aliphatic heterocycles. The van der Waals surface area contributed by atoms with Gasteiger partial charge in [0.15, 0.2) is 0 Å². The average Bonchev–Trinajstić information content (AvgIpc) is 1.93. The van der Waals surface area contributed by atoms with Gasteiger partial charge in [0.25, 0.3) is 0 Å². The van der Waals surface area contributed by atoms with Crippen molar-refractivity contribution in [1.82, 2.24) is 4.90 Å². The third-order valence-corrected chi connectivity index (χ3v) is 2.60. The highest BCUT2D eigenvalue weighted by molar-refractivity contribution is 4.95. The molecule has 2 aliphatic rings. The van der Waals surface area contributed by atoms with Gasteiger partial charge in [-0.3, -0.25) is 4.90 Å². The van der Waals surface area contributed by atoms with Crippen molar-refractivity contribution in [2.24, 2.45) is 5.41 Å². The first kappa shape index (κ1) is 5.69. The number of rotatable bonds is 0. The zero-order chi connectivity index (χ0) is 6.48. The average molecular weight is 127 g/mol.